The first-order valence-electron chi connectivity index (χ1n) is 10.5. The van der Waals surface area contributed by atoms with E-state index in [0.717, 1.165) is 36.3 Å². The summed E-state index contributed by atoms with van der Waals surface area (Å²) in [4.78, 5) is 33.6. The molecule has 2 aliphatic heterocycles. The minimum atomic E-state index is -0.658. The van der Waals surface area contributed by atoms with Gasteiger partial charge in [0, 0.05) is 30.9 Å². The van der Waals surface area contributed by atoms with Gasteiger partial charge in [-0.1, -0.05) is 0 Å². The summed E-state index contributed by atoms with van der Waals surface area (Å²) in [6.07, 6.45) is 4.79. The molecule has 2 aromatic rings. The molecule has 7 heteroatoms. The lowest BCUT2D eigenvalue weighted by molar-refractivity contribution is -0.139. The molecule has 0 spiro atoms. The molecule has 2 aliphatic rings. The Morgan fingerprint density at radius 2 is 1.97 bits per heavy atom. The van der Waals surface area contributed by atoms with Gasteiger partial charge in [0.25, 0.3) is 11.7 Å². The van der Waals surface area contributed by atoms with Gasteiger partial charge in [0.2, 0.25) is 0 Å². The number of likely N-dealkylation sites (tertiary alicyclic amines) is 1. The number of aromatic nitrogens is 1. The van der Waals surface area contributed by atoms with Crippen LogP contribution >= 0.6 is 0 Å². The number of nitrogens with zero attached hydrogens (tertiary/aromatic N) is 3. The van der Waals surface area contributed by atoms with Gasteiger partial charge in [0.15, 0.2) is 0 Å². The molecule has 162 valence electrons. The quantitative estimate of drug-likeness (QED) is 0.439. The maximum absolute atomic E-state index is 13.0. The Labute approximate surface area is 182 Å². The number of carbonyl (C=O) groups excluding carboxylic acids is 2. The van der Waals surface area contributed by atoms with E-state index in [-0.39, 0.29) is 17.4 Å². The Morgan fingerprint density at radius 1 is 1.23 bits per heavy atom. The number of amides is 1. The van der Waals surface area contributed by atoms with Gasteiger partial charge in [0.1, 0.15) is 17.6 Å². The largest absolute Gasteiger partial charge is 0.507 e. The second-order valence-electron chi connectivity index (χ2n) is 8.38. The summed E-state index contributed by atoms with van der Waals surface area (Å²) in [6, 6.07) is 8.30. The van der Waals surface area contributed by atoms with Crippen molar-refractivity contribution in [2.45, 2.75) is 31.9 Å². The number of hydrogen-bond donors (Lipinski definition) is 1. The van der Waals surface area contributed by atoms with Crippen LogP contribution in [0.2, 0.25) is 0 Å². The third-order valence-electron chi connectivity index (χ3n) is 5.74. The number of Topliss-reactive ketones (excluding diaryl/α,β-unsaturated/α-hetero) is 1. The third kappa shape index (κ3) is 4.05. The summed E-state index contributed by atoms with van der Waals surface area (Å²) in [7, 11) is 3.93. The van der Waals surface area contributed by atoms with Crippen LogP contribution in [0, 0.1) is 0 Å². The van der Waals surface area contributed by atoms with Gasteiger partial charge in [-0.05, 0) is 75.4 Å². The van der Waals surface area contributed by atoms with Crippen molar-refractivity contribution in [2.24, 2.45) is 0 Å². The number of ether oxygens (including phenoxy) is 1. The van der Waals surface area contributed by atoms with Crippen LogP contribution in [-0.2, 0) is 16.0 Å². The van der Waals surface area contributed by atoms with Crippen molar-refractivity contribution in [1.29, 1.82) is 0 Å². The van der Waals surface area contributed by atoms with E-state index in [1.54, 1.807) is 35.5 Å². The molecule has 0 radical (unpaired) electrons. The van der Waals surface area contributed by atoms with Gasteiger partial charge in [-0.3, -0.25) is 14.6 Å². The highest BCUT2D eigenvalue weighted by molar-refractivity contribution is 6.46. The Morgan fingerprint density at radius 3 is 2.68 bits per heavy atom. The summed E-state index contributed by atoms with van der Waals surface area (Å²) in [5.41, 5.74) is 2.37. The number of hydrogen-bond acceptors (Lipinski definition) is 6. The third-order valence-corrected chi connectivity index (χ3v) is 5.74. The average molecular weight is 421 g/mol. The van der Waals surface area contributed by atoms with E-state index in [9.17, 15) is 14.7 Å². The molecule has 4 rings (SSSR count). The number of ketones is 1. The molecule has 1 amide bonds. The van der Waals surface area contributed by atoms with Gasteiger partial charge < -0.3 is 19.6 Å². The summed E-state index contributed by atoms with van der Waals surface area (Å²) in [6.45, 7) is 3.19. The monoisotopic (exact) mass is 421 g/mol. The molecular weight excluding hydrogens is 394 g/mol. The highest BCUT2D eigenvalue weighted by Crippen LogP contribution is 2.40. The number of fused-ring (bicyclic) bond motifs is 1. The topological polar surface area (TPSA) is 83.0 Å². The number of aliphatic hydroxyl groups excluding tert-OH is 1. The van der Waals surface area contributed by atoms with Crippen LogP contribution in [0.5, 0.6) is 5.75 Å². The summed E-state index contributed by atoms with van der Waals surface area (Å²) < 4.78 is 5.74. The van der Waals surface area contributed by atoms with E-state index in [0.29, 0.717) is 12.1 Å². The van der Waals surface area contributed by atoms with E-state index in [4.69, 9.17) is 4.74 Å². The molecule has 1 aromatic carbocycles. The van der Waals surface area contributed by atoms with Gasteiger partial charge in [0.05, 0.1) is 11.6 Å². The van der Waals surface area contributed by atoms with E-state index < -0.39 is 17.7 Å². The molecule has 7 nitrogen and oxygen atoms in total. The van der Waals surface area contributed by atoms with E-state index in [1.165, 1.54) is 0 Å². The molecule has 1 fully saturated rings. The Hall–Kier alpha value is -3.19. The van der Waals surface area contributed by atoms with Crippen LogP contribution in [0.25, 0.3) is 5.76 Å². The molecule has 1 N–H and O–H groups in total. The Bertz CT molecular complexity index is 1030. The minimum Gasteiger partial charge on any atom is -0.507 e. The molecule has 0 bridgehead atoms. The molecule has 0 unspecified atom stereocenters. The zero-order valence-electron chi connectivity index (χ0n) is 18.0. The van der Waals surface area contributed by atoms with Gasteiger partial charge in [-0.15, -0.1) is 0 Å². The summed E-state index contributed by atoms with van der Waals surface area (Å²) in [5.74, 6) is -0.606. The first-order valence-corrected chi connectivity index (χ1v) is 10.5. The maximum Gasteiger partial charge on any atom is 0.295 e. The minimum absolute atomic E-state index is 0.0755. The predicted octanol–water partition coefficient (Wildman–Crippen LogP) is 2.78. The standard InChI is InChI=1S/C24H27N3O4/c1-15-13-18-14-17(5-6-19(18)31-15)22(28)20-21(16-7-9-25-10-8-16)27(24(30)23(20)29)12-4-11-26(2)3/h5-10,14-15,21,28H,4,11-13H2,1-3H3/t15-,21+/m1/s1. The summed E-state index contributed by atoms with van der Waals surface area (Å²) >= 11 is 0. The first-order chi connectivity index (χ1) is 14.9. The molecule has 1 saturated heterocycles. The summed E-state index contributed by atoms with van der Waals surface area (Å²) in [5, 5.41) is 11.2. The molecule has 31 heavy (non-hydrogen) atoms. The predicted molar refractivity (Wildman–Crippen MR) is 117 cm³/mol. The molecule has 2 atom stereocenters. The normalized spacial score (nSPS) is 22.1. The van der Waals surface area contributed by atoms with Crippen molar-refractivity contribution < 1.29 is 19.4 Å². The van der Waals surface area contributed by atoms with E-state index in [1.807, 2.05) is 38.1 Å². The molecular formula is C24H27N3O4. The van der Waals surface area contributed by atoms with Crippen LogP contribution in [-0.4, -0.2) is 64.9 Å². The molecule has 0 saturated carbocycles. The van der Waals surface area contributed by atoms with Gasteiger partial charge in [-0.2, -0.15) is 0 Å². The van der Waals surface area contributed by atoms with Crippen LogP contribution in [0.15, 0.2) is 48.3 Å². The number of pyridine rings is 1. The number of carbonyl (C=O) groups is 2. The highest BCUT2D eigenvalue weighted by Gasteiger charge is 2.45. The van der Waals surface area contributed by atoms with E-state index >= 15 is 0 Å². The lowest BCUT2D eigenvalue weighted by Crippen LogP contribution is -2.32. The smallest absolute Gasteiger partial charge is 0.295 e. The fourth-order valence-electron chi connectivity index (χ4n) is 4.29. The first kappa shape index (κ1) is 21.1. The Kier molecular flexibility index (Phi) is 5.78. The second-order valence-corrected chi connectivity index (χ2v) is 8.38. The second kappa shape index (κ2) is 8.51. The van der Waals surface area contributed by atoms with Crippen molar-refractivity contribution in [3.63, 3.8) is 0 Å². The van der Waals surface area contributed by atoms with Crippen molar-refractivity contribution in [3.05, 3.63) is 65.0 Å². The van der Waals surface area contributed by atoms with Crippen LogP contribution in [0.4, 0.5) is 0 Å². The van der Waals surface area contributed by atoms with Gasteiger partial charge >= 0.3 is 0 Å². The zero-order valence-corrected chi connectivity index (χ0v) is 18.0. The molecule has 0 aliphatic carbocycles. The fourth-order valence-corrected chi connectivity index (χ4v) is 4.29. The van der Waals surface area contributed by atoms with Crippen molar-refractivity contribution in [3.8, 4) is 5.75 Å². The molecule has 3 heterocycles. The number of rotatable bonds is 6. The number of aliphatic hydroxyl groups is 1. The van der Waals surface area contributed by atoms with Crippen molar-refractivity contribution >= 4 is 17.4 Å². The van der Waals surface area contributed by atoms with Crippen molar-refractivity contribution in [1.82, 2.24) is 14.8 Å². The van der Waals surface area contributed by atoms with Gasteiger partial charge in [-0.25, -0.2) is 0 Å². The molecule has 1 aromatic heterocycles. The lowest BCUT2D eigenvalue weighted by Gasteiger charge is -2.25. The Balaban J connectivity index is 1.76. The van der Waals surface area contributed by atoms with E-state index in [2.05, 4.69) is 4.98 Å². The number of benzene rings is 1. The maximum atomic E-state index is 13.0. The van der Waals surface area contributed by atoms with Crippen LogP contribution < -0.4 is 4.74 Å². The van der Waals surface area contributed by atoms with Crippen molar-refractivity contribution in [2.75, 3.05) is 27.2 Å². The van der Waals surface area contributed by atoms with Crippen LogP contribution in [0.3, 0.4) is 0 Å². The average Bonchev–Trinajstić information content (AvgIpc) is 3.24. The van der Waals surface area contributed by atoms with Crippen LogP contribution in [0.1, 0.15) is 36.1 Å². The lowest BCUT2D eigenvalue weighted by atomic mass is 9.95. The fraction of sp³-hybridized carbons (Fsp3) is 0.375. The highest BCUT2D eigenvalue weighted by atomic mass is 16.5. The zero-order chi connectivity index (χ0) is 22.1. The SMILES string of the molecule is C[C@@H]1Cc2cc(C(O)=C3C(=O)C(=O)N(CCCN(C)C)[C@H]3c3ccncc3)ccc2O1.